The van der Waals surface area contributed by atoms with Gasteiger partial charge in [0.15, 0.2) is 0 Å². The molecule has 0 radical (unpaired) electrons. The minimum absolute atomic E-state index is 0.155. The van der Waals surface area contributed by atoms with Crippen molar-refractivity contribution in [1.29, 1.82) is 0 Å². The summed E-state index contributed by atoms with van der Waals surface area (Å²) in [5.74, 6) is 1.50. The van der Waals surface area contributed by atoms with Crippen LogP contribution in [-0.2, 0) is 0 Å². The van der Waals surface area contributed by atoms with Crippen molar-refractivity contribution in [3.63, 3.8) is 0 Å². The van der Waals surface area contributed by atoms with Crippen molar-refractivity contribution in [3.8, 4) is 11.5 Å². The minimum atomic E-state index is -0.155. The molecular weight excluding hydrogens is 366 g/mol. The molecule has 1 aliphatic heterocycles. The van der Waals surface area contributed by atoms with Gasteiger partial charge in [-0.3, -0.25) is 4.79 Å². The van der Waals surface area contributed by atoms with Crippen molar-refractivity contribution in [2.24, 2.45) is 0 Å². The number of fused-ring (bicyclic) bond motifs is 1. The SMILES string of the molecule is COc1cc(NC2CCCN(c3nn4c(=O)ccnc4s3)C2)cc(OC)c1. The first kappa shape index (κ1) is 17.6. The highest BCUT2D eigenvalue weighted by Gasteiger charge is 2.23. The normalized spacial score (nSPS) is 17.1. The van der Waals surface area contributed by atoms with Gasteiger partial charge in [-0.05, 0) is 12.8 Å². The lowest BCUT2D eigenvalue weighted by atomic mass is 10.1. The molecule has 1 unspecified atom stereocenters. The smallest absolute Gasteiger partial charge is 0.275 e. The number of benzene rings is 1. The average molecular weight is 387 g/mol. The zero-order chi connectivity index (χ0) is 18.8. The first-order valence-electron chi connectivity index (χ1n) is 8.76. The maximum Gasteiger partial charge on any atom is 0.275 e. The highest BCUT2D eigenvalue weighted by atomic mass is 32.1. The monoisotopic (exact) mass is 387 g/mol. The number of aromatic nitrogens is 3. The van der Waals surface area contributed by atoms with Gasteiger partial charge in [-0.25, -0.2) is 4.98 Å². The summed E-state index contributed by atoms with van der Waals surface area (Å²) in [6.07, 6.45) is 3.62. The van der Waals surface area contributed by atoms with Gasteiger partial charge in [0.2, 0.25) is 10.1 Å². The molecule has 1 atom stereocenters. The summed E-state index contributed by atoms with van der Waals surface area (Å²) >= 11 is 1.44. The van der Waals surface area contributed by atoms with Crippen molar-refractivity contribution < 1.29 is 9.47 Å². The van der Waals surface area contributed by atoms with Crippen molar-refractivity contribution in [3.05, 3.63) is 40.8 Å². The number of piperidine rings is 1. The summed E-state index contributed by atoms with van der Waals surface area (Å²) < 4.78 is 12.1. The molecule has 27 heavy (non-hydrogen) atoms. The largest absolute Gasteiger partial charge is 0.497 e. The van der Waals surface area contributed by atoms with E-state index in [9.17, 15) is 4.79 Å². The van der Waals surface area contributed by atoms with E-state index in [0.29, 0.717) is 4.96 Å². The topological polar surface area (TPSA) is 81.0 Å². The van der Waals surface area contributed by atoms with E-state index in [1.54, 1.807) is 14.2 Å². The Labute approximate surface area is 160 Å². The molecule has 1 N–H and O–H groups in total. The van der Waals surface area contributed by atoms with Gasteiger partial charge in [0.05, 0.1) is 14.2 Å². The van der Waals surface area contributed by atoms with Gasteiger partial charge in [-0.1, -0.05) is 11.3 Å². The van der Waals surface area contributed by atoms with Crippen LogP contribution in [-0.4, -0.2) is 47.9 Å². The Morgan fingerprint density at radius 3 is 2.70 bits per heavy atom. The minimum Gasteiger partial charge on any atom is -0.497 e. The summed E-state index contributed by atoms with van der Waals surface area (Å²) in [4.78, 5) is 19.0. The molecular formula is C18H21N5O3S. The first-order chi connectivity index (χ1) is 13.2. The van der Waals surface area contributed by atoms with Crippen LogP contribution < -0.4 is 25.2 Å². The van der Waals surface area contributed by atoms with E-state index < -0.39 is 0 Å². The fourth-order valence-corrected chi connectivity index (χ4v) is 4.17. The third-order valence-electron chi connectivity index (χ3n) is 4.57. The Morgan fingerprint density at radius 1 is 1.22 bits per heavy atom. The molecule has 4 rings (SSSR count). The van der Waals surface area contributed by atoms with E-state index in [4.69, 9.17) is 9.47 Å². The second-order valence-corrected chi connectivity index (χ2v) is 7.33. The lowest BCUT2D eigenvalue weighted by Gasteiger charge is -2.33. The van der Waals surface area contributed by atoms with Crippen LogP contribution in [0.2, 0.25) is 0 Å². The second kappa shape index (κ2) is 7.43. The van der Waals surface area contributed by atoms with E-state index in [1.807, 2.05) is 18.2 Å². The standard InChI is InChI=1S/C18H21N5O3S/c1-25-14-8-13(9-15(10-14)26-2)20-12-4-3-7-22(11-12)18-21-23-16(24)5-6-19-17(23)27-18/h5-6,8-10,12,20H,3-4,7,11H2,1-2H3. The number of ether oxygens (including phenoxy) is 2. The van der Waals surface area contributed by atoms with E-state index in [2.05, 4.69) is 20.3 Å². The van der Waals surface area contributed by atoms with Crippen molar-refractivity contribution in [2.45, 2.75) is 18.9 Å². The van der Waals surface area contributed by atoms with Crippen LogP contribution in [0.1, 0.15) is 12.8 Å². The van der Waals surface area contributed by atoms with Gasteiger partial charge in [0.1, 0.15) is 11.5 Å². The van der Waals surface area contributed by atoms with Gasteiger partial charge in [0, 0.05) is 55.3 Å². The quantitative estimate of drug-likeness (QED) is 0.719. The van der Waals surface area contributed by atoms with Crippen LogP contribution >= 0.6 is 11.3 Å². The predicted octanol–water partition coefficient (Wildman–Crippen LogP) is 2.25. The van der Waals surface area contributed by atoms with Crippen molar-refractivity contribution >= 4 is 27.1 Å². The molecule has 0 spiro atoms. The van der Waals surface area contributed by atoms with Crippen LogP contribution in [0.5, 0.6) is 11.5 Å². The molecule has 0 aliphatic carbocycles. The maximum absolute atomic E-state index is 11.9. The summed E-state index contributed by atoms with van der Waals surface area (Å²) in [6.45, 7) is 1.71. The molecule has 3 aromatic rings. The first-order valence-corrected chi connectivity index (χ1v) is 9.57. The number of rotatable bonds is 5. The van der Waals surface area contributed by atoms with E-state index >= 15 is 0 Å². The van der Waals surface area contributed by atoms with E-state index in [0.717, 1.165) is 48.2 Å². The van der Waals surface area contributed by atoms with E-state index in [-0.39, 0.29) is 11.6 Å². The van der Waals surface area contributed by atoms with E-state index in [1.165, 1.54) is 28.1 Å². The number of hydrogen-bond donors (Lipinski definition) is 1. The van der Waals surface area contributed by atoms with Gasteiger partial charge in [-0.2, -0.15) is 4.52 Å². The molecule has 9 heteroatoms. The van der Waals surface area contributed by atoms with Crippen LogP contribution in [0.15, 0.2) is 35.3 Å². The zero-order valence-electron chi connectivity index (χ0n) is 15.2. The van der Waals surface area contributed by atoms with Crippen LogP contribution in [0.25, 0.3) is 4.96 Å². The molecule has 3 heterocycles. The fraction of sp³-hybridized carbons (Fsp3) is 0.389. The van der Waals surface area contributed by atoms with Gasteiger partial charge in [-0.15, -0.1) is 5.10 Å². The number of nitrogens with zero attached hydrogens (tertiary/aromatic N) is 4. The molecule has 1 fully saturated rings. The lowest BCUT2D eigenvalue weighted by molar-refractivity contribution is 0.394. The summed E-state index contributed by atoms with van der Waals surface area (Å²) in [6, 6.07) is 7.45. The molecule has 1 saturated heterocycles. The Hall–Kier alpha value is -2.81. The number of methoxy groups -OCH3 is 2. The van der Waals surface area contributed by atoms with Gasteiger partial charge >= 0.3 is 0 Å². The Balaban J connectivity index is 1.52. The molecule has 8 nitrogen and oxygen atoms in total. The second-order valence-electron chi connectivity index (χ2n) is 6.39. The summed E-state index contributed by atoms with van der Waals surface area (Å²) in [5.41, 5.74) is 0.804. The summed E-state index contributed by atoms with van der Waals surface area (Å²) in [7, 11) is 3.29. The van der Waals surface area contributed by atoms with Crippen molar-refractivity contribution in [1.82, 2.24) is 14.6 Å². The Morgan fingerprint density at radius 2 is 2.00 bits per heavy atom. The number of hydrogen-bond acceptors (Lipinski definition) is 8. The van der Waals surface area contributed by atoms with Gasteiger partial charge < -0.3 is 19.7 Å². The van der Waals surface area contributed by atoms with Crippen LogP contribution in [0.4, 0.5) is 10.8 Å². The van der Waals surface area contributed by atoms with Crippen LogP contribution in [0.3, 0.4) is 0 Å². The molecule has 1 aromatic carbocycles. The molecule has 142 valence electrons. The zero-order valence-corrected chi connectivity index (χ0v) is 16.0. The number of nitrogens with one attached hydrogen (secondary N) is 1. The fourth-order valence-electron chi connectivity index (χ4n) is 3.26. The molecule has 0 amide bonds. The third kappa shape index (κ3) is 3.68. The average Bonchev–Trinajstić information content (AvgIpc) is 3.14. The molecule has 0 bridgehead atoms. The molecule has 1 aliphatic rings. The Kier molecular flexibility index (Phi) is 4.85. The highest BCUT2D eigenvalue weighted by Crippen LogP contribution is 2.29. The summed E-state index contributed by atoms with van der Waals surface area (Å²) in [5, 5.41) is 8.84. The van der Waals surface area contributed by atoms with Crippen LogP contribution in [0, 0.1) is 0 Å². The predicted molar refractivity (Wildman–Crippen MR) is 106 cm³/mol. The van der Waals surface area contributed by atoms with Crippen molar-refractivity contribution in [2.75, 3.05) is 37.5 Å². The highest BCUT2D eigenvalue weighted by molar-refractivity contribution is 7.20. The molecule has 2 aromatic heterocycles. The molecule has 0 saturated carbocycles. The number of anilines is 2. The Bertz CT molecular complexity index is 980. The van der Waals surface area contributed by atoms with Gasteiger partial charge in [0.25, 0.3) is 5.56 Å². The maximum atomic E-state index is 11.9. The lowest BCUT2D eigenvalue weighted by Crippen LogP contribution is -2.42. The third-order valence-corrected chi connectivity index (χ3v) is 5.56.